The van der Waals surface area contributed by atoms with Crippen LogP contribution in [0.1, 0.15) is 13.8 Å². The third-order valence-corrected chi connectivity index (χ3v) is 1.98. The molecule has 2 unspecified atom stereocenters. The fraction of sp³-hybridized carbons (Fsp3) is 0.875. The molecule has 3 nitrogen and oxygen atoms in total. The maximum atomic E-state index is 5.13. The minimum atomic E-state index is -0.162. The summed E-state index contributed by atoms with van der Waals surface area (Å²) in [5.41, 5.74) is 0. The first-order valence-electron chi connectivity index (χ1n) is 3.68. The van der Waals surface area contributed by atoms with E-state index < -0.39 is 0 Å². The molecule has 0 aliphatic heterocycles. The highest BCUT2D eigenvalue weighted by Crippen LogP contribution is 2.14. The second-order valence-electron chi connectivity index (χ2n) is 2.61. The molecular weight excluding hydrogens is 142 g/mol. The fourth-order valence-corrected chi connectivity index (χ4v) is 0.902. The number of hydrogen-bond donors (Lipinski definition) is 0. The van der Waals surface area contributed by atoms with Crippen molar-refractivity contribution in [2.45, 2.75) is 26.2 Å². The van der Waals surface area contributed by atoms with Gasteiger partial charge in [-0.3, -0.25) is 4.99 Å². The number of ether oxygens (including phenoxy) is 2. The maximum absolute atomic E-state index is 5.13. The Labute approximate surface area is 68.4 Å². The van der Waals surface area contributed by atoms with Gasteiger partial charge in [-0.05, 0) is 13.6 Å². The van der Waals surface area contributed by atoms with Crippen LogP contribution in [0.5, 0.6) is 0 Å². The zero-order valence-corrected chi connectivity index (χ0v) is 7.70. The van der Waals surface area contributed by atoms with E-state index in [4.69, 9.17) is 9.47 Å². The van der Waals surface area contributed by atoms with Gasteiger partial charge < -0.3 is 9.47 Å². The fourth-order valence-electron chi connectivity index (χ4n) is 0.902. The Morgan fingerprint density at radius 3 is 2.00 bits per heavy atom. The van der Waals surface area contributed by atoms with E-state index in [1.54, 1.807) is 14.2 Å². The first kappa shape index (κ1) is 10.6. The van der Waals surface area contributed by atoms with E-state index in [9.17, 15) is 0 Å². The molecule has 66 valence electrons. The molecule has 0 radical (unpaired) electrons. The molecule has 0 amide bonds. The average molecular weight is 159 g/mol. The molecule has 0 aromatic heterocycles. The molecule has 0 saturated heterocycles. The summed E-state index contributed by atoms with van der Waals surface area (Å²) in [6.45, 7) is 7.45. The quantitative estimate of drug-likeness (QED) is 0.567. The predicted octanol–water partition coefficient (Wildman–Crippen LogP) is 1.33. The van der Waals surface area contributed by atoms with Crippen LogP contribution in [-0.4, -0.2) is 33.3 Å². The molecular formula is C8H17NO2. The van der Waals surface area contributed by atoms with E-state index in [-0.39, 0.29) is 18.2 Å². The van der Waals surface area contributed by atoms with E-state index in [0.29, 0.717) is 0 Å². The van der Waals surface area contributed by atoms with Crippen LogP contribution in [0.25, 0.3) is 0 Å². The highest BCUT2D eigenvalue weighted by atomic mass is 16.5. The van der Waals surface area contributed by atoms with Crippen LogP contribution in [0, 0.1) is 5.92 Å². The lowest BCUT2D eigenvalue weighted by Gasteiger charge is -2.23. The lowest BCUT2D eigenvalue weighted by Crippen LogP contribution is -2.28. The standard InChI is InChI=1S/C8H17NO2/c1-6(7(2)10-4)8(9-3)11-5/h6-8H,3H2,1-2,4-5H3/t6?,7-,8?/m1/s1. The topological polar surface area (TPSA) is 30.8 Å². The van der Waals surface area contributed by atoms with Crippen LogP contribution in [-0.2, 0) is 9.47 Å². The third-order valence-electron chi connectivity index (χ3n) is 1.98. The minimum absolute atomic E-state index is 0.144. The van der Waals surface area contributed by atoms with Crippen molar-refractivity contribution in [2.24, 2.45) is 10.9 Å². The van der Waals surface area contributed by atoms with Crippen LogP contribution in [0.2, 0.25) is 0 Å². The Morgan fingerprint density at radius 1 is 1.18 bits per heavy atom. The molecule has 11 heavy (non-hydrogen) atoms. The van der Waals surface area contributed by atoms with Crippen LogP contribution >= 0.6 is 0 Å². The lowest BCUT2D eigenvalue weighted by atomic mass is 10.1. The molecule has 0 fully saturated rings. The van der Waals surface area contributed by atoms with Gasteiger partial charge in [-0.1, -0.05) is 6.92 Å². The summed E-state index contributed by atoms with van der Waals surface area (Å²) < 4.78 is 10.2. The number of rotatable bonds is 5. The molecule has 3 heteroatoms. The monoisotopic (exact) mass is 159 g/mol. The van der Waals surface area contributed by atoms with Crippen molar-refractivity contribution >= 4 is 6.72 Å². The van der Waals surface area contributed by atoms with E-state index in [0.717, 1.165) is 0 Å². The average Bonchev–Trinajstić information content (AvgIpc) is 2.05. The first-order valence-corrected chi connectivity index (χ1v) is 3.68. The van der Waals surface area contributed by atoms with Gasteiger partial charge in [0.2, 0.25) is 0 Å². The Bertz CT molecular complexity index is 117. The maximum Gasteiger partial charge on any atom is 0.152 e. The second-order valence-corrected chi connectivity index (χ2v) is 2.61. The summed E-state index contributed by atoms with van der Waals surface area (Å²) in [7, 11) is 3.30. The number of nitrogens with zero attached hydrogens (tertiary/aromatic N) is 1. The van der Waals surface area contributed by atoms with E-state index >= 15 is 0 Å². The van der Waals surface area contributed by atoms with Crippen LogP contribution in [0.4, 0.5) is 0 Å². The summed E-state index contributed by atoms with van der Waals surface area (Å²) in [4.78, 5) is 3.82. The molecule has 0 bridgehead atoms. The number of hydrogen-bond acceptors (Lipinski definition) is 3. The van der Waals surface area contributed by atoms with Gasteiger partial charge in [0.15, 0.2) is 6.23 Å². The van der Waals surface area contributed by atoms with Crippen molar-refractivity contribution in [1.29, 1.82) is 0 Å². The van der Waals surface area contributed by atoms with Crippen molar-refractivity contribution in [2.75, 3.05) is 14.2 Å². The molecule has 0 saturated carbocycles. The van der Waals surface area contributed by atoms with Crippen molar-refractivity contribution < 1.29 is 9.47 Å². The molecule has 0 aliphatic carbocycles. The molecule has 3 atom stereocenters. The van der Waals surface area contributed by atoms with Gasteiger partial charge in [0, 0.05) is 20.1 Å². The Hall–Kier alpha value is -0.410. The first-order chi connectivity index (χ1) is 5.17. The Kier molecular flexibility index (Phi) is 5.07. The zero-order valence-electron chi connectivity index (χ0n) is 7.70. The van der Waals surface area contributed by atoms with Crippen molar-refractivity contribution in [3.8, 4) is 0 Å². The number of aliphatic imine (C=N–C) groups is 1. The van der Waals surface area contributed by atoms with Gasteiger partial charge in [-0.2, -0.15) is 0 Å². The highest BCUT2D eigenvalue weighted by Gasteiger charge is 2.20. The largest absolute Gasteiger partial charge is 0.381 e. The SMILES string of the molecule is C=NC(OC)C(C)[C@@H](C)OC. The van der Waals surface area contributed by atoms with Crippen LogP contribution < -0.4 is 0 Å². The van der Waals surface area contributed by atoms with Gasteiger partial charge >= 0.3 is 0 Å². The molecule has 0 N–H and O–H groups in total. The Morgan fingerprint density at radius 2 is 1.73 bits per heavy atom. The van der Waals surface area contributed by atoms with Gasteiger partial charge in [0.25, 0.3) is 0 Å². The molecule has 0 spiro atoms. The van der Waals surface area contributed by atoms with E-state index in [2.05, 4.69) is 11.7 Å². The Balaban J connectivity index is 3.96. The second kappa shape index (κ2) is 5.27. The third kappa shape index (κ3) is 2.99. The van der Waals surface area contributed by atoms with Gasteiger partial charge in [0.05, 0.1) is 6.10 Å². The molecule has 0 aliphatic rings. The van der Waals surface area contributed by atoms with Crippen molar-refractivity contribution in [3.63, 3.8) is 0 Å². The molecule has 0 rings (SSSR count). The normalized spacial score (nSPS) is 18.9. The predicted molar refractivity (Wildman–Crippen MR) is 46.0 cm³/mol. The lowest BCUT2D eigenvalue weighted by molar-refractivity contribution is -0.0126. The van der Waals surface area contributed by atoms with E-state index in [1.807, 2.05) is 13.8 Å². The van der Waals surface area contributed by atoms with Crippen LogP contribution in [0.3, 0.4) is 0 Å². The number of methoxy groups -OCH3 is 2. The van der Waals surface area contributed by atoms with Crippen molar-refractivity contribution in [3.05, 3.63) is 0 Å². The van der Waals surface area contributed by atoms with Gasteiger partial charge in [-0.15, -0.1) is 0 Å². The summed E-state index contributed by atoms with van der Waals surface area (Å²) in [5.74, 6) is 0.238. The summed E-state index contributed by atoms with van der Waals surface area (Å²) in [5, 5.41) is 0. The molecule has 0 aromatic rings. The summed E-state index contributed by atoms with van der Waals surface area (Å²) in [6, 6.07) is 0. The molecule has 0 aromatic carbocycles. The zero-order chi connectivity index (χ0) is 8.85. The molecule has 0 heterocycles. The highest BCUT2D eigenvalue weighted by molar-refractivity contribution is 5.23. The van der Waals surface area contributed by atoms with Gasteiger partial charge in [0.1, 0.15) is 0 Å². The summed E-state index contributed by atoms with van der Waals surface area (Å²) in [6.07, 6.45) is -0.0181. The van der Waals surface area contributed by atoms with Crippen LogP contribution in [0.15, 0.2) is 4.99 Å². The minimum Gasteiger partial charge on any atom is -0.381 e. The van der Waals surface area contributed by atoms with E-state index in [1.165, 1.54) is 0 Å². The van der Waals surface area contributed by atoms with Crippen molar-refractivity contribution in [1.82, 2.24) is 0 Å². The smallest absolute Gasteiger partial charge is 0.152 e. The summed E-state index contributed by atoms with van der Waals surface area (Å²) >= 11 is 0. The van der Waals surface area contributed by atoms with Gasteiger partial charge in [-0.25, -0.2) is 0 Å².